The van der Waals surface area contributed by atoms with Gasteiger partial charge in [-0.15, -0.1) is 0 Å². The Morgan fingerprint density at radius 2 is 1.90 bits per heavy atom. The zero-order valence-corrected chi connectivity index (χ0v) is 13.9. The van der Waals surface area contributed by atoms with E-state index in [1.807, 2.05) is 13.8 Å². The number of aryl methyl sites for hydroxylation is 1. The number of benzene rings is 1. The molecule has 1 aromatic carbocycles. The molecule has 0 saturated carbocycles. The highest BCUT2D eigenvalue weighted by molar-refractivity contribution is 5.80. The molecule has 0 saturated heterocycles. The fourth-order valence-corrected chi connectivity index (χ4v) is 2.20. The molecule has 0 amide bonds. The predicted octanol–water partition coefficient (Wildman–Crippen LogP) is 2.75. The van der Waals surface area contributed by atoms with Crippen molar-refractivity contribution in [2.24, 2.45) is 0 Å². The van der Waals surface area contributed by atoms with Crippen molar-refractivity contribution in [3.05, 3.63) is 29.8 Å². The Morgan fingerprint density at radius 3 is 2.38 bits per heavy atom. The molecule has 0 aliphatic rings. The molecule has 0 heterocycles. The number of rotatable bonds is 8. The van der Waals surface area contributed by atoms with Crippen LogP contribution in [0.2, 0.25) is 0 Å². The molecule has 1 N–H and O–H groups in total. The maximum absolute atomic E-state index is 12.1. The van der Waals surface area contributed by atoms with E-state index >= 15 is 0 Å². The van der Waals surface area contributed by atoms with Crippen LogP contribution in [-0.2, 0) is 9.53 Å². The molecule has 21 heavy (non-hydrogen) atoms. The van der Waals surface area contributed by atoms with Crippen LogP contribution in [-0.4, -0.2) is 38.3 Å². The van der Waals surface area contributed by atoms with Gasteiger partial charge in [-0.05, 0) is 53.3 Å². The molecule has 4 heteroatoms. The summed E-state index contributed by atoms with van der Waals surface area (Å²) in [5, 5.41) is 3.10. The van der Waals surface area contributed by atoms with Crippen LogP contribution in [0.1, 0.15) is 32.8 Å². The monoisotopic (exact) mass is 292 g/mol. The second kappa shape index (κ2) is 8.03. The minimum absolute atomic E-state index is 0.188. The Bertz CT molecular complexity index is 445. The van der Waals surface area contributed by atoms with Crippen LogP contribution in [0.25, 0.3) is 0 Å². The molecule has 0 aromatic heterocycles. The number of likely N-dealkylation sites (N-methyl/N-ethyl adjacent to an activating group) is 1. The van der Waals surface area contributed by atoms with Crippen LogP contribution in [0.4, 0.5) is 5.69 Å². The lowest BCUT2D eigenvalue weighted by atomic mass is 9.97. The summed E-state index contributed by atoms with van der Waals surface area (Å²) in [5.74, 6) is -0.188. The van der Waals surface area contributed by atoms with Crippen molar-refractivity contribution in [3.8, 4) is 0 Å². The number of esters is 1. The van der Waals surface area contributed by atoms with Gasteiger partial charge >= 0.3 is 5.97 Å². The molecule has 1 aromatic rings. The Morgan fingerprint density at radius 1 is 1.29 bits per heavy atom. The third-order valence-corrected chi connectivity index (χ3v) is 3.94. The number of ether oxygens (including phenoxy) is 1. The second-order valence-electron chi connectivity index (χ2n) is 5.47. The number of nitrogens with one attached hydrogen (secondary N) is 1. The first-order chi connectivity index (χ1) is 9.96. The molecule has 0 radical (unpaired) electrons. The Labute approximate surface area is 128 Å². The third-order valence-electron chi connectivity index (χ3n) is 3.94. The lowest BCUT2D eigenvalue weighted by Crippen LogP contribution is -2.50. The van der Waals surface area contributed by atoms with Gasteiger partial charge in [-0.3, -0.25) is 4.79 Å². The highest BCUT2D eigenvalue weighted by Crippen LogP contribution is 2.18. The Hall–Kier alpha value is -1.55. The van der Waals surface area contributed by atoms with Crippen molar-refractivity contribution < 1.29 is 9.53 Å². The summed E-state index contributed by atoms with van der Waals surface area (Å²) in [5.41, 5.74) is 1.79. The summed E-state index contributed by atoms with van der Waals surface area (Å²) in [4.78, 5) is 14.3. The van der Waals surface area contributed by atoms with Crippen molar-refractivity contribution in [2.45, 2.75) is 39.7 Å². The van der Waals surface area contributed by atoms with Gasteiger partial charge in [0.05, 0.1) is 6.61 Å². The molecule has 0 bridgehead atoms. The zero-order valence-electron chi connectivity index (χ0n) is 13.9. The number of carbonyl (C=O) groups is 1. The number of carbonyl (C=O) groups excluding carboxylic acids is 1. The van der Waals surface area contributed by atoms with Crippen molar-refractivity contribution in [1.29, 1.82) is 0 Å². The number of anilines is 1. The molecule has 1 atom stereocenters. The molecule has 0 fully saturated rings. The molecule has 4 nitrogen and oxygen atoms in total. The minimum atomic E-state index is -0.645. The highest BCUT2D eigenvalue weighted by atomic mass is 16.5. The predicted molar refractivity (Wildman–Crippen MR) is 87.8 cm³/mol. The van der Waals surface area contributed by atoms with E-state index in [2.05, 4.69) is 48.3 Å². The average Bonchev–Trinajstić information content (AvgIpc) is 2.49. The van der Waals surface area contributed by atoms with E-state index in [0.29, 0.717) is 13.0 Å². The Kier molecular flexibility index (Phi) is 6.69. The maximum Gasteiger partial charge on any atom is 0.326 e. The molecular weight excluding hydrogens is 264 g/mol. The smallest absolute Gasteiger partial charge is 0.326 e. The van der Waals surface area contributed by atoms with Crippen LogP contribution in [0.5, 0.6) is 0 Å². The van der Waals surface area contributed by atoms with E-state index in [9.17, 15) is 4.79 Å². The van der Waals surface area contributed by atoms with Gasteiger partial charge in [-0.1, -0.05) is 17.7 Å². The molecule has 0 aliphatic carbocycles. The fourth-order valence-electron chi connectivity index (χ4n) is 2.20. The number of nitrogens with zero attached hydrogens (tertiary/aromatic N) is 1. The van der Waals surface area contributed by atoms with Gasteiger partial charge < -0.3 is 15.0 Å². The van der Waals surface area contributed by atoms with E-state index < -0.39 is 5.54 Å². The molecule has 0 spiro atoms. The van der Waals surface area contributed by atoms with Crippen LogP contribution in [0.3, 0.4) is 0 Å². The standard InChI is InChI=1S/C17H28N2O2/c1-6-19(15-10-8-14(3)9-11-15)13-12-17(4,18-5)16(20)21-7-2/h8-11,18H,6-7,12-13H2,1-5H3. The normalized spacial score (nSPS) is 13.6. The van der Waals surface area contributed by atoms with Crippen LogP contribution >= 0.6 is 0 Å². The van der Waals surface area contributed by atoms with Gasteiger partial charge in [0.15, 0.2) is 0 Å². The zero-order chi connectivity index (χ0) is 15.9. The second-order valence-corrected chi connectivity index (χ2v) is 5.47. The quantitative estimate of drug-likeness (QED) is 0.748. The largest absolute Gasteiger partial charge is 0.465 e. The highest BCUT2D eigenvalue weighted by Gasteiger charge is 2.33. The van der Waals surface area contributed by atoms with Crippen molar-refractivity contribution >= 4 is 11.7 Å². The SMILES string of the molecule is CCOC(=O)C(C)(CCN(CC)c1ccc(C)cc1)NC. The molecule has 0 aliphatic heterocycles. The molecular formula is C17H28N2O2. The van der Waals surface area contributed by atoms with E-state index in [4.69, 9.17) is 4.74 Å². The summed E-state index contributed by atoms with van der Waals surface area (Å²) in [7, 11) is 1.80. The fraction of sp³-hybridized carbons (Fsp3) is 0.588. The van der Waals surface area contributed by atoms with Crippen molar-refractivity contribution in [3.63, 3.8) is 0 Å². The van der Waals surface area contributed by atoms with Gasteiger partial charge in [-0.25, -0.2) is 0 Å². The van der Waals surface area contributed by atoms with Gasteiger partial charge in [0, 0.05) is 18.8 Å². The minimum Gasteiger partial charge on any atom is -0.465 e. The molecule has 1 rings (SSSR count). The average molecular weight is 292 g/mol. The van der Waals surface area contributed by atoms with E-state index in [1.54, 1.807) is 7.05 Å². The van der Waals surface area contributed by atoms with Crippen LogP contribution < -0.4 is 10.2 Å². The summed E-state index contributed by atoms with van der Waals surface area (Å²) >= 11 is 0. The lowest BCUT2D eigenvalue weighted by molar-refractivity contribution is -0.150. The maximum atomic E-state index is 12.1. The summed E-state index contributed by atoms with van der Waals surface area (Å²) in [6.45, 7) is 10.1. The molecule has 1 unspecified atom stereocenters. The van der Waals surface area contributed by atoms with Gasteiger partial charge in [-0.2, -0.15) is 0 Å². The van der Waals surface area contributed by atoms with E-state index in [1.165, 1.54) is 11.3 Å². The van der Waals surface area contributed by atoms with Crippen molar-refractivity contribution in [1.82, 2.24) is 5.32 Å². The topological polar surface area (TPSA) is 41.6 Å². The Balaban J connectivity index is 2.73. The number of hydrogen-bond acceptors (Lipinski definition) is 4. The van der Waals surface area contributed by atoms with Gasteiger partial charge in [0.1, 0.15) is 5.54 Å². The molecule has 118 valence electrons. The number of hydrogen-bond donors (Lipinski definition) is 1. The van der Waals surface area contributed by atoms with Crippen molar-refractivity contribution in [2.75, 3.05) is 31.6 Å². The van der Waals surface area contributed by atoms with E-state index in [0.717, 1.165) is 13.1 Å². The summed E-state index contributed by atoms with van der Waals surface area (Å²) in [6.07, 6.45) is 0.698. The first-order valence-corrected chi connectivity index (χ1v) is 7.64. The van der Waals surface area contributed by atoms with Crippen LogP contribution in [0, 0.1) is 6.92 Å². The first-order valence-electron chi connectivity index (χ1n) is 7.64. The van der Waals surface area contributed by atoms with Gasteiger partial charge in [0.2, 0.25) is 0 Å². The summed E-state index contributed by atoms with van der Waals surface area (Å²) < 4.78 is 5.17. The van der Waals surface area contributed by atoms with Gasteiger partial charge in [0.25, 0.3) is 0 Å². The third kappa shape index (κ3) is 4.74. The van der Waals surface area contributed by atoms with Crippen LogP contribution in [0.15, 0.2) is 24.3 Å². The lowest BCUT2D eigenvalue weighted by Gasteiger charge is -2.31. The summed E-state index contributed by atoms with van der Waals surface area (Å²) in [6, 6.07) is 8.47. The van der Waals surface area contributed by atoms with E-state index in [-0.39, 0.29) is 5.97 Å². The first kappa shape index (κ1) is 17.5.